The van der Waals surface area contributed by atoms with E-state index in [9.17, 15) is 20.1 Å². The van der Waals surface area contributed by atoms with Gasteiger partial charge in [-0.25, -0.2) is 0 Å². The number of hydrogen-bond acceptors (Lipinski definition) is 4. The summed E-state index contributed by atoms with van der Waals surface area (Å²) in [5.41, 5.74) is 6.98. The van der Waals surface area contributed by atoms with Crippen LogP contribution in [0.15, 0.2) is 115 Å². The largest absolute Gasteiger partial charge is 0.488 e. The first-order chi connectivity index (χ1) is 18.5. The van der Waals surface area contributed by atoms with Gasteiger partial charge in [0.2, 0.25) is 0 Å². The van der Waals surface area contributed by atoms with Gasteiger partial charge in [0.25, 0.3) is 0 Å². The SMILES string of the molecule is OB(O)c1ccc2c(c1)c1cc(B(O)O)cc3c1n2-c1ccccc1C3(c1ccccc1)c1ccccc1. The first kappa shape index (κ1) is 23.0. The second-order valence-electron chi connectivity index (χ2n) is 9.82. The lowest BCUT2D eigenvalue weighted by Crippen LogP contribution is -2.38. The van der Waals surface area contributed by atoms with E-state index in [1.807, 2.05) is 60.7 Å². The van der Waals surface area contributed by atoms with Gasteiger partial charge in [0.05, 0.1) is 22.1 Å². The standard InChI is InChI=1S/C31H23B2NO4/c35-32(36)22-15-16-28-24(17-22)25-18-23(33(37)38)19-27-30(25)34(28)29-14-8-7-13-26(29)31(27,20-9-3-1-4-10-20)21-11-5-2-6-12-21/h1-19,35-38H. The Morgan fingerprint density at radius 1 is 0.526 bits per heavy atom. The van der Waals surface area contributed by atoms with E-state index in [0.717, 1.165) is 49.7 Å². The Labute approximate surface area is 220 Å². The molecule has 7 rings (SSSR count). The highest BCUT2D eigenvalue weighted by Crippen LogP contribution is 2.53. The van der Waals surface area contributed by atoms with Crippen molar-refractivity contribution < 1.29 is 20.1 Å². The predicted octanol–water partition coefficient (Wildman–Crippen LogP) is 2.84. The first-order valence-corrected chi connectivity index (χ1v) is 12.6. The Balaban J connectivity index is 1.77. The maximum absolute atomic E-state index is 10.4. The third kappa shape index (κ3) is 3.04. The number of rotatable bonds is 4. The molecule has 0 bridgehead atoms. The van der Waals surface area contributed by atoms with E-state index in [4.69, 9.17) is 0 Å². The molecule has 1 aromatic heterocycles. The molecule has 0 spiro atoms. The van der Waals surface area contributed by atoms with Crippen molar-refractivity contribution in [2.24, 2.45) is 0 Å². The smallest absolute Gasteiger partial charge is 0.423 e. The molecular weight excluding hydrogens is 472 g/mol. The van der Waals surface area contributed by atoms with Gasteiger partial charge in [-0.05, 0) is 45.3 Å². The van der Waals surface area contributed by atoms with Gasteiger partial charge in [-0.2, -0.15) is 0 Å². The predicted molar refractivity (Wildman–Crippen MR) is 152 cm³/mol. The summed E-state index contributed by atoms with van der Waals surface area (Å²) in [6.07, 6.45) is 0. The van der Waals surface area contributed by atoms with Crippen LogP contribution < -0.4 is 10.9 Å². The van der Waals surface area contributed by atoms with Crippen molar-refractivity contribution in [3.05, 3.63) is 138 Å². The van der Waals surface area contributed by atoms with Gasteiger partial charge >= 0.3 is 14.2 Å². The van der Waals surface area contributed by atoms with Crippen molar-refractivity contribution in [3.8, 4) is 5.69 Å². The van der Waals surface area contributed by atoms with Crippen LogP contribution in [0.3, 0.4) is 0 Å². The molecule has 4 N–H and O–H groups in total. The summed E-state index contributed by atoms with van der Waals surface area (Å²) >= 11 is 0. The summed E-state index contributed by atoms with van der Waals surface area (Å²) in [5.74, 6) is 0. The van der Waals surface area contributed by atoms with Crippen LogP contribution in [0, 0.1) is 0 Å². The molecule has 0 aliphatic carbocycles. The number of hydrogen-bond donors (Lipinski definition) is 4. The molecule has 0 saturated heterocycles. The summed E-state index contributed by atoms with van der Waals surface area (Å²) in [7, 11) is -3.30. The molecule has 6 aromatic rings. The molecule has 38 heavy (non-hydrogen) atoms. The van der Waals surface area contributed by atoms with E-state index in [1.165, 1.54) is 0 Å². The van der Waals surface area contributed by atoms with Crippen molar-refractivity contribution in [2.45, 2.75) is 5.41 Å². The molecule has 0 saturated carbocycles. The van der Waals surface area contributed by atoms with E-state index < -0.39 is 19.7 Å². The van der Waals surface area contributed by atoms with Gasteiger partial charge in [0, 0.05) is 10.8 Å². The van der Waals surface area contributed by atoms with Crippen LogP contribution in [0.5, 0.6) is 0 Å². The van der Waals surface area contributed by atoms with E-state index in [2.05, 4.69) is 41.0 Å². The minimum Gasteiger partial charge on any atom is -0.423 e. The van der Waals surface area contributed by atoms with Crippen molar-refractivity contribution in [2.75, 3.05) is 0 Å². The zero-order valence-corrected chi connectivity index (χ0v) is 20.4. The van der Waals surface area contributed by atoms with Gasteiger partial charge in [-0.15, -0.1) is 0 Å². The Kier molecular flexibility index (Phi) is 5.12. The quantitative estimate of drug-likeness (QED) is 0.283. The van der Waals surface area contributed by atoms with Gasteiger partial charge in [-0.3, -0.25) is 0 Å². The minimum atomic E-state index is -1.68. The number of aromatic nitrogens is 1. The molecule has 0 amide bonds. The van der Waals surface area contributed by atoms with Crippen LogP contribution >= 0.6 is 0 Å². The Morgan fingerprint density at radius 2 is 1.11 bits per heavy atom. The molecular formula is C31H23B2NO4. The molecule has 1 aliphatic heterocycles. The monoisotopic (exact) mass is 495 g/mol. The summed E-state index contributed by atoms with van der Waals surface area (Å²) in [4.78, 5) is 0. The van der Waals surface area contributed by atoms with Crippen molar-refractivity contribution in [3.63, 3.8) is 0 Å². The lowest BCUT2D eigenvalue weighted by molar-refractivity contribution is 0.424. The summed E-state index contributed by atoms with van der Waals surface area (Å²) < 4.78 is 2.21. The number of benzene rings is 5. The molecule has 182 valence electrons. The molecule has 5 aromatic carbocycles. The van der Waals surface area contributed by atoms with Crippen molar-refractivity contribution in [1.29, 1.82) is 0 Å². The normalized spacial score (nSPS) is 13.5. The highest BCUT2D eigenvalue weighted by atomic mass is 16.4. The second-order valence-corrected chi connectivity index (χ2v) is 9.82. The van der Waals surface area contributed by atoms with Crippen LogP contribution in [-0.4, -0.2) is 38.9 Å². The third-order valence-corrected chi connectivity index (χ3v) is 7.87. The van der Waals surface area contributed by atoms with Crippen LogP contribution in [0.2, 0.25) is 0 Å². The summed E-state index contributed by atoms with van der Waals surface area (Å²) in [5, 5.41) is 42.3. The maximum atomic E-state index is 10.4. The minimum absolute atomic E-state index is 0.372. The van der Waals surface area contributed by atoms with Crippen molar-refractivity contribution in [1.82, 2.24) is 4.57 Å². The molecule has 0 radical (unpaired) electrons. The Morgan fingerprint density at radius 3 is 1.74 bits per heavy atom. The zero-order chi connectivity index (χ0) is 26.0. The first-order valence-electron chi connectivity index (χ1n) is 12.6. The molecule has 0 unspecified atom stereocenters. The fourth-order valence-corrected chi connectivity index (χ4v) is 6.33. The number of para-hydroxylation sites is 1. The van der Waals surface area contributed by atoms with Gasteiger partial charge in [0.15, 0.2) is 0 Å². The fraction of sp³-hybridized carbons (Fsp3) is 0.0323. The van der Waals surface area contributed by atoms with E-state index >= 15 is 0 Å². The van der Waals surface area contributed by atoms with Crippen molar-refractivity contribution >= 4 is 47.0 Å². The van der Waals surface area contributed by atoms with Crippen LogP contribution in [0.1, 0.15) is 22.3 Å². The second kappa shape index (κ2) is 8.45. The van der Waals surface area contributed by atoms with Crippen LogP contribution in [0.25, 0.3) is 27.5 Å². The molecule has 1 aliphatic rings. The topological polar surface area (TPSA) is 85.8 Å². The van der Waals surface area contributed by atoms with Gasteiger partial charge < -0.3 is 24.7 Å². The Bertz CT molecular complexity index is 1790. The number of nitrogens with zero attached hydrogens (tertiary/aromatic N) is 1. The van der Waals surface area contributed by atoms with E-state index in [-0.39, 0.29) is 0 Å². The fourth-order valence-electron chi connectivity index (χ4n) is 6.33. The third-order valence-electron chi connectivity index (χ3n) is 7.87. The summed E-state index contributed by atoms with van der Waals surface area (Å²) in [6.45, 7) is 0. The molecule has 0 fully saturated rings. The van der Waals surface area contributed by atoms with Gasteiger partial charge in [0.1, 0.15) is 0 Å². The highest BCUT2D eigenvalue weighted by molar-refractivity contribution is 6.60. The van der Waals surface area contributed by atoms with Crippen LogP contribution in [0.4, 0.5) is 0 Å². The maximum Gasteiger partial charge on any atom is 0.488 e. The Hall–Kier alpha value is -4.13. The van der Waals surface area contributed by atoms with E-state index in [1.54, 1.807) is 18.2 Å². The summed E-state index contributed by atoms with van der Waals surface area (Å²) in [6, 6.07) is 38.0. The zero-order valence-electron chi connectivity index (χ0n) is 20.4. The lowest BCUT2D eigenvalue weighted by Gasteiger charge is -2.42. The van der Waals surface area contributed by atoms with Gasteiger partial charge in [-0.1, -0.05) is 103 Å². The highest BCUT2D eigenvalue weighted by Gasteiger charge is 2.45. The molecule has 0 atom stereocenters. The molecule has 2 heterocycles. The average Bonchev–Trinajstić information content (AvgIpc) is 3.29. The lowest BCUT2D eigenvalue weighted by atomic mass is 9.62. The molecule has 5 nitrogen and oxygen atoms in total. The van der Waals surface area contributed by atoms with Crippen LogP contribution in [-0.2, 0) is 5.41 Å². The number of fused-ring (bicyclic) bond motifs is 5. The average molecular weight is 495 g/mol. The molecule has 7 heteroatoms. The van der Waals surface area contributed by atoms with E-state index in [0.29, 0.717) is 10.9 Å².